The molecule has 1 aliphatic rings. The standard InChI is InChI=1S/C22H26N4O2S/c1-13(2)23-20(27)15-8-6-10-26(11-15)22-24-18-17(12-29-19(18)21(28)25-22)16-9-5-4-7-14(16)3/h4-5,7,9,12-13,15H,6,8,10-11H2,1-3H3,(H,23,27)(H,24,25,28)/t15-/m0/s1. The minimum absolute atomic E-state index is 0.0734. The molecule has 7 heteroatoms. The predicted octanol–water partition coefficient (Wildman–Crippen LogP) is 3.70. The van der Waals surface area contributed by atoms with Crippen LogP contribution < -0.4 is 15.8 Å². The van der Waals surface area contributed by atoms with E-state index in [0.29, 0.717) is 17.2 Å². The summed E-state index contributed by atoms with van der Waals surface area (Å²) in [6, 6.07) is 8.26. The Labute approximate surface area is 174 Å². The Bertz CT molecular complexity index is 1100. The van der Waals surface area contributed by atoms with Crippen LogP contribution in [0.25, 0.3) is 21.3 Å². The van der Waals surface area contributed by atoms with Crippen LogP contribution in [0, 0.1) is 12.8 Å². The van der Waals surface area contributed by atoms with Gasteiger partial charge in [-0.2, -0.15) is 0 Å². The third-order valence-electron chi connectivity index (χ3n) is 5.37. The molecule has 3 aromatic rings. The highest BCUT2D eigenvalue weighted by Gasteiger charge is 2.28. The van der Waals surface area contributed by atoms with Crippen LogP contribution in [-0.2, 0) is 4.79 Å². The number of aryl methyl sites for hydroxylation is 1. The predicted molar refractivity (Wildman–Crippen MR) is 119 cm³/mol. The van der Waals surface area contributed by atoms with Crippen LogP contribution in [0.5, 0.6) is 0 Å². The second-order valence-electron chi connectivity index (χ2n) is 7.98. The Kier molecular flexibility index (Phi) is 5.41. The molecular weight excluding hydrogens is 384 g/mol. The molecule has 29 heavy (non-hydrogen) atoms. The van der Waals surface area contributed by atoms with E-state index in [2.05, 4.69) is 29.4 Å². The van der Waals surface area contributed by atoms with Crippen LogP contribution in [-0.4, -0.2) is 35.0 Å². The molecule has 3 heterocycles. The van der Waals surface area contributed by atoms with Crippen LogP contribution in [0.1, 0.15) is 32.3 Å². The van der Waals surface area contributed by atoms with Gasteiger partial charge in [-0.1, -0.05) is 24.3 Å². The number of hydrogen-bond acceptors (Lipinski definition) is 5. The van der Waals surface area contributed by atoms with Crippen molar-refractivity contribution < 1.29 is 4.79 Å². The number of benzene rings is 1. The van der Waals surface area contributed by atoms with Gasteiger partial charge in [0, 0.05) is 30.1 Å². The number of amides is 1. The highest BCUT2D eigenvalue weighted by atomic mass is 32.1. The Morgan fingerprint density at radius 2 is 2.10 bits per heavy atom. The number of hydrogen-bond donors (Lipinski definition) is 2. The average Bonchev–Trinajstić information content (AvgIpc) is 3.12. The normalized spacial score (nSPS) is 17.1. The molecule has 1 amide bonds. The molecule has 0 unspecified atom stereocenters. The first kappa shape index (κ1) is 19.6. The van der Waals surface area contributed by atoms with E-state index < -0.39 is 0 Å². The molecule has 0 aliphatic carbocycles. The van der Waals surface area contributed by atoms with Gasteiger partial charge in [0.05, 0.1) is 11.4 Å². The van der Waals surface area contributed by atoms with Crippen LogP contribution in [0.3, 0.4) is 0 Å². The minimum atomic E-state index is -0.122. The second-order valence-corrected chi connectivity index (χ2v) is 8.86. The van der Waals surface area contributed by atoms with Gasteiger partial charge in [0.15, 0.2) is 0 Å². The molecule has 1 aromatic carbocycles. The fourth-order valence-electron chi connectivity index (χ4n) is 3.92. The van der Waals surface area contributed by atoms with E-state index in [1.54, 1.807) is 0 Å². The molecule has 2 aromatic heterocycles. The number of thiophene rings is 1. The Hall–Kier alpha value is -2.67. The Morgan fingerprint density at radius 1 is 1.31 bits per heavy atom. The molecule has 0 saturated carbocycles. The third kappa shape index (κ3) is 3.92. The summed E-state index contributed by atoms with van der Waals surface area (Å²) in [6.45, 7) is 7.35. The molecule has 1 saturated heterocycles. The SMILES string of the molecule is Cc1ccccc1-c1csc2c(=O)[nH]c(N3CCC[C@H](C(=O)NC(C)C)C3)nc12. The quantitative estimate of drug-likeness (QED) is 0.687. The third-order valence-corrected chi connectivity index (χ3v) is 6.34. The highest BCUT2D eigenvalue weighted by Crippen LogP contribution is 2.33. The van der Waals surface area contributed by atoms with Crippen LogP contribution in [0.2, 0.25) is 0 Å². The van der Waals surface area contributed by atoms with E-state index in [1.165, 1.54) is 11.3 Å². The van der Waals surface area contributed by atoms with Crippen molar-refractivity contribution >= 4 is 33.4 Å². The maximum atomic E-state index is 12.7. The monoisotopic (exact) mass is 410 g/mol. The number of fused-ring (bicyclic) bond motifs is 1. The molecule has 1 aliphatic heterocycles. The zero-order chi connectivity index (χ0) is 20.5. The number of carbonyl (C=O) groups is 1. The van der Waals surface area contributed by atoms with Gasteiger partial charge in [0.2, 0.25) is 11.9 Å². The minimum Gasteiger partial charge on any atom is -0.354 e. The lowest BCUT2D eigenvalue weighted by atomic mass is 9.97. The topological polar surface area (TPSA) is 78.1 Å². The van der Waals surface area contributed by atoms with Gasteiger partial charge in [-0.15, -0.1) is 11.3 Å². The number of aromatic amines is 1. The molecule has 4 rings (SSSR count). The van der Waals surface area contributed by atoms with Gasteiger partial charge in [0.25, 0.3) is 5.56 Å². The van der Waals surface area contributed by atoms with E-state index >= 15 is 0 Å². The fraction of sp³-hybridized carbons (Fsp3) is 0.409. The van der Waals surface area contributed by atoms with Crippen molar-refractivity contribution in [2.75, 3.05) is 18.0 Å². The summed E-state index contributed by atoms with van der Waals surface area (Å²) >= 11 is 1.42. The van der Waals surface area contributed by atoms with Crippen molar-refractivity contribution in [1.29, 1.82) is 0 Å². The van der Waals surface area contributed by atoms with Crippen molar-refractivity contribution in [2.24, 2.45) is 5.92 Å². The number of H-pyrrole nitrogens is 1. The second kappa shape index (κ2) is 7.99. The number of carbonyl (C=O) groups excluding carboxylic acids is 1. The van der Waals surface area contributed by atoms with Crippen molar-refractivity contribution in [3.63, 3.8) is 0 Å². The molecule has 0 radical (unpaired) electrons. The number of anilines is 1. The van der Waals surface area contributed by atoms with E-state index in [1.807, 2.05) is 36.3 Å². The Balaban J connectivity index is 1.70. The fourth-order valence-corrected chi connectivity index (χ4v) is 4.82. The van der Waals surface area contributed by atoms with Crippen LogP contribution in [0.4, 0.5) is 5.95 Å². The van der Waals surface area contributed by atoms with E-state index in [0.717, 1.165) is 41.6 Å². The maximum absolute atomic E-state index is 12.7. The highest BCUT2D eigenvalue weighted by molar-refractivity contribution is 7.17. The number of nitrogens with one attached hydrogen (secondary N) is 2. The van der Waals surface area contributed by atoms with Crippen molar-refractivity contribution in [3.8, 4) is 11.1 Å². The molecule has 152 valence electrons. The number of piperidine rings is 1. The zero-order valence-corrected chi connectivity index (χ0v) is 17.8. The first-order chi connectivity index (χ1) is 13.9. The van der Waals surface area contributed by atoms with E-state index in [4.69, 9.17) is 4.98 Å². The molecule has 1 atom stereocenters. The smallest absolute Gasteiger partial charge is 0.270 e. The van der Waals surface area contributed by atoms with Gasteiger partial charge in [-0.05, 0) is 44.7 Å². The summed E-state index contributed by atoms with van der Waals surface area (Å²) in [4.78, 5) is 35.0. The van der Waals surface area contributed by atoms with Gasteiger partial charge >= 0.3 is 0 Å². The summed E-state index contributed by atoms with van der Waals surface area (Å²) in [5.41, 5.74) is 3.84. The number of nitrogens with zero attached hydrogens (tertiary/aromatic N) is 2. The van der Waals surface area contributed by atoms with Crippen molar-refractivity contribution in [3.05, 3.63) is 45.6 Å². The summed E-state index contributed by atoms with van der Waals surface area (Å²) in [5, 5.41) is 5.01. The Morgan fingerprint density at radius 3 is 2.86 bits per heavy atom. The van der Waals surface area contributed by atoms with Gasteiger partial charge < -0.3 is 10.2 Å². The summed E-state index contributed by atoms with van der Waals surface area (Å²) in [7, 11) is 0. The molecule has 0 spiro atoms. The van der Waals surface area contributed by atoms with E-state index in [9.17, 15) is 9.59 Å². The molecule has 6 nitrogen and oxygen atoms in total. The van der Waals surface area contributed by atoms with Crippen LogP contribution in [0.15, 0.2) is 34.4 Å². The van der Waals surface area contributed by atoms with E-state index in [-0.39, 0.29) is 23.4 Å². The summed E-state index contributed by atoms with van der Waals surface area (Å²) < 4.78 is 0.637. The molecular formula is C22H26N4O2S. The van der Waals surface area contributed by atoms with Crippen molar-refractivity contribution in [1.82, 2.24) is 15.3 Å². The van der Waals surface area contributed by atoms with Gasteiger partial charge in [0.1, 0.15) is 4.70 Å². The molecule has 2 N–H and O–H groups in total. The lowest BCUT2D eigenvalue weighted by Gasteiger charge is -2.32. The lowest BCUT2D eigenvalue weighted by Crippen LogP contribution is -2.45. The lowest BCUT2D eigenvalue weighted by molar-refractivity contribution is -0.125. The summed E-state index contributed by atoms with van der Waals surface area (Å²) in [6.07, 6.45) is 1.75. The van der Waals surface area contributed by atoms with Gasteiger partial charge in [-0.3, -0.25) is 14.6 Å². The number of rotatable bonds is 4. The zero-order valence-electron chi connectivity index (χ0n) is 17.0. The average molecular weight is 411 g/mol. The first-order valence-corrected chi connectivity index (χ1v) is 10.9. The van der Waals surface area contributed by atoms with Crippen LogP contribution >= 0.6 is 11.3 Å². The first-order valence-electron chi connectivity index (χ1n) is 10.1. The maximum Gasteiger partial charge on any atom is 0.270 e. The largest absolute Gasteiger partial charge is 0.354 e. The molecule has 1 fully saturated rings. The summed E-state index contributed by atoms with van der Waals surface area (Å²) in [5.74, 6) is 0.535. The van der Waals surface area contributed by atoms with Crippen molar-refractivity contribution in [2.45, 2.75) is 39.7 Å². The molecule has 0 bridgehead atoms. The van der Waals surface area contributed by atoms with Gasteiger partial charge in [-0.25, -0.2) is 4.98 Å². The number of aromatic nitrogens is 2.